The van der Waals surface area contributed by atoms with Crippen LogP contribution < -0.4 is 10.1 Å². The van der Waals surface area contributed by atoms with Gasteiger partial charge in [0.05, 0.1) is 24.4 Å². The fraction of sp³-hybridized carbons (Fsp3) is 0.560. The number of aromatic nitrogens is 2. The van der Waals surface area contributed by atoms with Crippen LogP contribution in [0.5, 0.6) is 5.75 Å². The van der Waals surface area contributed by atoms with Gasteiger partial charge in [-0.3, -0.25) is 9.69 Å². The fourth-order valence-corrected chi connectivity index (χ4v) is 4.69. The third-order valence-corrected chi connectivity index (χ3v) is 6.54. The van der Waals surface area contributed by atoms with Crippen molar-refractivity contribution in [3.63, 3.8) is 0 Å². The second-order valence-electron chi connectivity index (χ2n) is 9.03. The predicted octanol–water partition coefficient (Wildman–Crippen LogP) is 4.16. The van der Waals surface area contributed by atoms with Gasteiger partial charge in [-0.15, -0.1) is 0 Å². The average Bonchev–Trinajstić information content (AvgIpc) is 3.46. The first-order valence-corrected chi connectivity index (χ1v) is 11.8. The number of likely N-dealkylation sites (tertiary alicyclic amines) is 1. The summed E-state index contributed by atoms with van der Waals surface area (Å²) in [5.41, 5.74) is 2.12. The van der Waals surface area contributed by atoms with Gasteiger partial charge in [0.25, 0.3) is 0 Å². The molecule has 2 aliphatic rings. The van der Waals surface area contributed by atoms with Crippen molar-refractivity contribution >= 4 is 11.7 Å². The highest BCUT2D eigenvalue weighted by Gasteiger charge is 2.29. The van der Waals surface area contributed by atoms with Crippen LogP contribution in [0.25, 0.3) is 0 Å². The summed E-state index contributed by atoms with van der Waals surface area (Å²) in [5.74, 6) is 2.63. The number of anilines is 1. The lowest BCUT2D eigenvalue weighted by molar-refractivity contribution is -0.128. The first-order valence-electron chi connectivity index (χ1n) is 11.8. The van der Waals surface area contributed by atoms with Crippen molar-refractivity contribution in [1.82, 2.24) is 19.8 Å². The van der Waals surface area contributed by atoms with Crippen LogP contribution in [0.15, 0.2) is 30.3 Å². The van der Waals surface area contributed by atoms with Crippen molar-refractivity contribution in [2.45, 2.75) is 70.7 Å². The number of benzene rings is 1. The van der Waals surface area contributed by atoms with Crippen molar-refractivity contribution in [3.8, 4) is 5.75 Å². The van der Waals surface area contributed by atoms with E-state index in [9.17, 15) is 4.79 Å². The van der Waals surface area contributed by atoms with Gasteiger partial charge in [0, 0.05) is 33.6 Å². The van der Waals surface area contributed by atoms with Crippen molar-refractivity contribution in [1.29, 1.82) is 0 Å². The maximum absolute atomic E-state index is 11.7. The number of rotatable bonds is 8. The van der Waals surface area contributed by atoms with Crippen LogP contribution in [0, 0.1) is 0 Å². The van der Waals surface area contributed by atoms with Crippen LogP contribution in [0.4, 0.5) is 5.82 Å². The van der Waals surface area contributed by atoms with Gasteiger partial charge in [-0.25, -0.2) is 9.97 Å². The molecule has 7 nitrogen and oxygen atoms in total. The van der Waals surface area contributed by atoms with E-state index in [1.807, 2.05) is 13.1 Å². The number of carbonyl (C=O) groups excluding carboxylic acids is 1. The monoisotopic (exact) mass is 437 g/mol. The van der Waals surface area contributed by atoms with Crippen LogP contribution in [0.2, 0.25) is 0 Å². The summed E-state index contributed by atoms with van der Waals surface area (Å²) in [6, 6.07) is 10.6. The van der Waals surface area contributed by atoms with Crippen LogP contribution >= 0.6 is 0 Å². The molecule has 172 valence electrons. The van der Waals surface area contributed by atoms with Crippen LogP contribution in [0.3, 0.4) is 0 Å². The molecular formula is C25H35N5O2. The van der Waals surface area contributed by atoms with Crippen molar-refractivity contribution < 1.29 is 9.53 Å². The molecule has 7 heteroatoms. The first kappa shape index (κ1) is 22.5. The molecule has 0 spiro atoms. The van der Waals surface area contributed by atoms with Gasteiger partial charge in [-0.2, -0.15) is 0 Å². The topological polar surface area (TPSA) is 70.6 Å². The summed E-state index contributed by atoms with van der Waals surface area (Å²) in [4.78, 5) is 25.4. The second-order valence-corrected chi connectivity index (χ2v) is 9.03. The highest BCUT2D eigenvalue weighted by atomic mass is 16.5. The molecule has 0 radical (unpaired) electrons. The number of hydrogen-bond donors (Lipinski definition) is 1. The number of ether oxygens (including phenoxy) is 1. The summed E-state index contributed by atoms with van der Waals surface area (Å²) in [5, 5.41) is 3.15. The minimum absolute atomic E-state index is 0.0263. The van der Waals surface area contributed by atoms with Gasteiger partial charge >= 0.3 is 0 Å². The molecular weight excluding hydrogens is 402 g/mol. The highest BCUT2D eigenvalue weighted by molar-refractivity contribution is 5.72. The zero-order valence-corrected chi connectivity index (χ0v) is 19.5. The molecule has 0 bridgehead atoms. The molecule has 1 N–H and O–H groups in total. The standard InChI is InChI=1S/C25H35N5O2/c1-18(31)29(3)17-20-15-24(26-2)28-25(27-20)23-12-7-13-30(23)16-19-8-6-11-22(14-19)32-21-9-4-5-10-21/h6,8,11,14-15,21,23H,4-5,7,9-10,12-13,16-17H2,1-3H3,(H,26,27,28). The first-order chi connectivity index (χ1) is 15.5. The van der Waals surface area contributed by atoms with Gasteiger partial charge in [-0.1, -0.05) is 12.1 Å². The normalized spacial score (nSPS) is 19.3. The van der Waals surface area contributed by atoms with Crippen LogP contribution in [0.1, 0.15) is 68.6 Å². The molecule has 2 heterocycles. The Morgan fingerprint density at radius 1 is 1.19 bits per heavy atom. The Labute approximate surface area is 191 Å². The smallest absolute Gasteiger partial charge is 0.219 e. The quantitative estimate of drug-likeness (QED) is 0.669. The Bertz CT molecular complexity index is 928. The maximum atomic E-state index is 11.7. The maximum Gasteiger partial charge on any atom is 0.219 e. The minimum atomic E-state index is 0.0263. The minimum Gasteiger partial charge on any atom is -0.490 e. The SMILES string of the molecule is CNc1cc(CN(C)C(C)=O)nc(C2CCCN2Cc2cccc(OC3CCCC3)c2)n1. The molecule has 1 aliphatic heterocycles. The zero-order valence-electron chi connectivity index (χ0n) is 19.5. The molecule has 1 saturated carbocycles. The van der Waals surface area contributed by atoms with Crippen LogP contribution in [-0.2, 0) is 17.9 Å². The molecule has 1 saturated heterocycles. The molecule has 1 aromatic carbocycles. The molecule has 32 heavy (non-hydrogen) atoms. The molecule has 2 aromatic rings. The number of carbonyl (C=O) groups is 1. The number of nitrogens with zero attached hydrogens (tertiary/aromatic N) is 4. The number of amides is 1. The largest absolute Gasteiger partial charge is 0.490 e. The molecule has 2 fully saturated rings. The Kier molecular flexibility index (Phi) is 7.25. The second kappa shape index (κ2) is 10.3. The lowest BCUT2D eigenvalue weighted by atomic mass is 10.1. The zero-order chi connectivity index (χ0) is 22.5. The van der Waals surface area contributed by atoms with E-state index in [0.29, 0.717) is 12.6 Å². The Balaban J connectivity index is 1.49. The number of hydrogen-bond acceptors (Lipinski definition) is 6. The summed E-state index contributed by atoms with van der Waals surface area (Å²) in [6.45, 7) is 3.92. The third kappa shape index (κ3) is 5.57. The van der Waals surface area contributed by atoms with Crippen molar-refractivity contribution in [2.24, 2.45) is 0 Å². The predicted molar refractivity (Wildman–Crippen MR) is 125 cm³/mol. The Morgan fingerprint density at radius 2 is 2.00 bits per heavy atom. The average molecular weight is 438 g/mol. The Morgan fingerprint density at radius 3 is 2.75 bits per heavy atom. The van der Waals surface area contributed by atoms with Crippen molar-refractivity contribution in [3.05, 3.63) is 47.4 Å². The fourth-order valence-electron chi connectivity index (χ4n) is 4.69. The number of nitrogens with one attached hydrogen (secondary N) is 1. The van der Waals surface area contributed by atoms with E-state index in [1.54, 1.807) is 18.9 Å². The lowest BCUT2D eigenvalue weighted by Gasteiger charge is -2.25. The van der Waals surface area contributed by atoms with Gasteiger partial charge in [0.1, 0.15) is 17.4 Å². The van der Waals surface area contributed by atoms with Crippen molar-refractivity contribution in [2.75, 3.05) is 26.0 Å². The van der Waals surface area contributed by atoms with Gasteiger partial charge in [0.15, 0.2) is 0 Å². The van der Waals surface area contributed by atoms with E-state index in [2.05, 4.69) is 34.5 Å². The summed E-state index contributed by atoms with van der Waals surface area (Å²) in [6.07, 6.45) is 7.41. The molecule has 1 amide bonds. The molecule has 1 unspecified atom stereocenters. The summed E-state index contributed by atoms with van der Waals surface area (Å²) < 4.78 is 6.21. The van der Waals surface area contributed by atoms with Gasteiger partial charge in [-0.05, 0) is 62.8 Å². The van der Waals surface area contributed by atoms with E-state index >= 15 is 0 Å². The van der Waals surface area contributed by atoms with Gasteiger partial charge in [0.2, 0.25) is 5.91 Å². The Hall–Kier alpha value is -2.67. The van der Waals surface area contributed by atoms with E-state index in [0.717, 1.165) is 49.0 Å². The molecule has 1 aromatic heterocycles. The summed E-state index contributed by atoms with van der Waals surface area (Å²) in [7, 11) is 3.67. The van der Waals surface area contributed by atoms with Gasteiger partial charge < -0.3 is 15.0 Å². The molecule has 1 atom stereocenters. The van der Waals surface area contributed by atoms with E-state index in [-0.39, 0.29) is 11.9 Å². The lowest BCUT2D eigenvalue weighted by Crippen LogP contribution is -2.27. The van der Waals surface area contributed by atoms with E-state index < -0.39 is 0 Å². The molecule has 1 aliphatic carbocycles. The van der Waals surface area contributed by atoms with Crippen LogP contribution in [-0.4, -0.2) is 52.4 Å². The van der Waals surface area contributed by atoms with E-state index in [1.165, 1.54) is 31.2 Å². The highest BCUT2D eigenvalue weighted by Crippen LogP contribution is 2.33. The molecule has 4 rings (SSSR count). The third-order valence-electron chi connectivity index (χ3n) is 6.54. The summed E-state index contributed by atoms with van der Waals surface area (Å²) >= 11 is 0. The van der Waals surface area contributed by atoms with E-state index in [4.69, 9.17) is 14.7 Å².